The maximum absolute atomic E-state index is 12.2. The summed E-state index contributed by atoms with van der Waals surface area (Å²) in [5.41, 5.74) is 1.39. The van der Waals surface area contributed by atoms with Crippen molar-refractivity contribution >= 4 is 17.5 Å². The van der Waals surface area contributed by atoms with E-state index in [2.05, 4.69) is 5.32 Å². The van der Waals surface area contributed by atoms with Crippen LogP contribution in [0, 0.1) is 0 Å². The predicted molar refractivity (Wildman–Crippen MR) is 99.2 cm³/mol. The fourth-order valence-corrected chi connectivity index (χ4v) is 2.62. The molecule has 6 nitrogen and oxygen atoms in total. The van der Waals surface area contributed by atoms with Gasteiger partial charge in [0.2, 0.25) is 11.7 Å². The number of nitrogens with one attached hydrogen (secondary N) is 1. The molecule has 0 fully saturated rings. The van der Waals surface area contributed by atoms with Crippen LogP contribution in [0.2, 0.25) is 5.02 Å². The first kappa shape index (κ1) is 19.9. The maximum Gasteiger partial charge on any atom is 0.224 e. The van der Waals surface area contributed by atoms with Crippen LogP contribution in [0.1, 0.15) is 17.2 Å². The summed E-state index contributed by atoms with van der Waals surface area (Å²) in [6, 6.07) is 10.3. The summed E-state index contributed by atoms with van der Waals surface area (Å²) in [6.45, 7) is 0.102. The molecular formula is C19H22ClNO5. The number of aliphatic hydroxyl groups is 1. The van der Waals surface area contributed by atoms with Gasteiger partial charge in [0.25, 0.3) is 0 Å². The van der Waals surface area contributed by atoms with E-state index in [1.165, 1.54) is 21.3 Å². The normalized spacial score (nSPS) is 11.6. The Morgan fingerprint density at radius 1 is 1.08 bits per heavy atom. The van der Waals surface area contributed by atoms with Crippen molar-refractivity contribution in [2.24, 2.45) is 0 Å². The zero-order valence-corrected chi connectivity index (χ0v) is 15.7. The fourth-order valence-electron chi connectivity index (χ4n) is 2.50. The van der Waals surface area contributed by atoms with E-state index in [9.17, 15) is 9.90 Å². The second kappa shape index (κ2) is 9.31. The molecule has 0 bridgehead atoms. The van der Waals surface area contributed by atoms with E-state index >= 15 is 0 Å². The first-order chi connectivity index (χ1) is 12.5. The topological polar surface area (TPSA) is 77.0 Å². The molecule has 2 aromatic carbocycles. The Hall–Kier alpha value is -2.44. The lowest BCUT2D eigenvalue weighted by molar-refractivity contribution is -0.120. The lowest BCUT2D eigenvalue weighted by Crippen LogP contribution is -2.29. The van der Waals surface area contributed by atoms with E-state index < -0.39 is 6.10 Å². The number of amides is 1. The van der Waals surface area contributed by atoms with Crippen LogP contribution in [-0.4, -0.2) is 38.9 Å². The third-order valence-electron chi connectivity index (χ3n) is 3.84. The van der Waals surface area contributed by atoms with Crippen molar-refractivity contribution < 1.29 is 24.1 Å². The second-order valence-corrected chi connectivity index (χ2v) is 6.02. The Balaban J connectivity index is 2.00. The zero-order chi connectivity index (χ0) is 19.1. The number of carbonyl (C=O) groups is 1. The minimum Gasteiger partial charge on any atom is -0.493 e. The van der Waals surface area contributed by atoms with Crippen molar-refractivity contribution in [3.05, 3.63) is 52.5 Å². The molecule has 1 unspecified atom stereocenters. The summed E-state index contributed by atoms with van der Waals surface area (Å²) in [6.07, 6.45) is -0.694. The second-order valence-electron chi connectivity index (χ2n) is 5.58. The summed E-state index contributed by atoms with van der Waals surface area (Å²) >= 11 is 5.82. The van der Waals surface area contributed by atoms with Crippen molar-refractivity contribution in [2.45, 2.75) is 12.5 Å². The highest BCUT2D eigenvalue weighted by atomic mass is 35.5. The Kier molecular flexibility index (Phi) is 7.12. The van der Waals surface area contributed by atoms with Gasteiger partial charge in [0.1, 0.15) is 0 Å². The van der Waals surface area contributed by atoms with Gasteiger partial charge in [-0.15, -0.1) is 0 Å². The van der Waals surface area contributed by atoms with Gasteiger partial charge in [0, 0.05) is 11.6 Å². The van der Waals surface area contributed by atoms with Crippen molar-refractivity contribution in [2.75, 3.05) is 27.9 Å². The molecule has 0 saturated heterocycles. The minimum absolute atomic E-state index is 0.102. The molecule has 0 spiro atoms. The van der Waals surface area contributed by atoms with Gasteiger partial charge in [-0.2, -0.15) is 0 Å². The summed E-state index contributed by atoms with van der Waals surface area (Å²) < 4.78 is 15.8. The third-order valence-corrected chi connectivity index (χ3v) is 4.09. The zero-order valence-electron chi connectivity index (χ0n) is 14.9. The van der Waals surface area contributed by atoms with Gasteiger partial charge in [-0.05, 0) is 35.4 Å². The van der Waals surface area contributed by atoms with Crippen molar-refractivity contribution in [3.8, 4) is 17.2 Å². The van der Waals surface area contributed by atoms with Crippen LogP contribution >= 0.6 is 11.6 Å². The molecule has 0 aliphatic carbocycles. The first-order valence-corrected chi connectivity index (χ1v) is 8.35. The molecule has 7 heteroatoms. The molecule has 2 aromatic rings. The standard InChI is InChI=1S/C19H22ClNO5/c1-24-16-8-12(9-17(25-2)19(16)26-3)10-18(23)21-11-15(22)13-4-6-14(20)7-5-13/h4-9,15,22H,10-11H2,1-3H3,(H,21,23). The highest BCUT2D eigenvalue weighted by molar-refractivity contribution is 6.30. The summed E-state index contributed by atoms with van der Waals surface area (Å²) in [5, 5.41) is 13.4. The number of benzene rings is 2. The Morgan fingerprint density at radius 3 is 2.15 bits per heavy atom. The molecule has 1 amide bonds. The van der Waals surface area contributed by atoms with E-state index in [0.29, 0.717) is 33.4 Å². The average molecular weight is 380 g/mol. The number of carbonyl (C=O) groups excluding carboxylic acids is 1. The largest absolute Gasteiger partial charge is 0.493 e. The van der Waals surface area contributed by atoms with E-state index in [-0.39, 0.29) is 18.9 Å². The number of hydrogen-bond acceptors (Lipinski definition) is 5. The van der Waals surface area contributed by atoms with Gasteiger partial charge in [-0.1, -0.05) is 23.7 Å². The van der Waals surface area contributed by atoms with Crippen LogP contribution in [-0.2, 0) is 11.2 Å². The number of methoxy groups -OCH3 is 3. The lowest BCUT2D eigenvalue weighted by atomic mass is 10.1. The first-order valence-electron chi connectivity index (χ1n) is 7.97. The van der Waals surface area contributed by atoms with Crippen LogP contribution in [0.4, 0.5) is 0 Å². The molecule has 1 atom stereocenters. The van der Waals surface area contributed by atoms with Gasteiger partial charge in [0.15, 0.2) is 11.5 Å². The Bertz CT molecular complexity index is 723. The van der Waals surface area contributed by atoms with Gasteiger partial charge in [0.05, 0.1) is 33.9 Å². The number of rotatable bonds is 8. The van der Waals surface area contributed by atoms with E-state index in [0.717, 1.165) is 0 Å². The lowest BCUT2D eigenvalue weighted by Gasteiger charge is -2.15. The molecule has 140 valence electrons. The van der Waals surface area contributed by atoms with Crippen molar-refractivity contribution in [1.29, 1.82) is 0 Å². The molecular weight excluding hydrogens is 358 g/mol. The van der Waals surface area contributed by atoms with Gasteiger partial charge in [-0.3, -0.25) is 4.79 Å². The molecule has 0 heterocycles. The Labute approximate surface area is 157 Å². The van der Waals surface area contributed by atoms with Crippen LogP contribution in [0.15, 0.2) is 36.4 Å². The number of hydrogen-bond donors (Lipinski definition) is 2. The van der Waals surface area contributed by atoms with Gasteiger partial charge in [-0.25, -0.2) is 0 Å². The van der Waals surface area contributed by atoms with Gasteiger partial charge < -0.3 is 24.6 Å². The molecule has 0 aliphatic heterocycles. The predicted octanol–water partition coefficient (Wildman–Crippen LogP) is 2.76. The molecule has 2 N–H and O–H groups in total. The van der Waals surface area contributed by atoms with Gasteiger partial charge >= 0.3 is 0 Å². The molecule has 2 rings (SSSR count). The summed E-state index contributed by atoms with van der Waals surface area (Å²) in [7, 11) is 4.55. The highest BCUT2D eigenvalue weighted by Crippen LogP contribution is 2.38. The number of halogens is 1. The van der Waals surface area contributed by atoms with Crippen molar-refractivity contribution in [3.63, 3.8) is 0 Å². The Morgan fingerprint density at radius 2 is 1.65 bits per heavy atom. The highest BCUT2D eigenvalue weighted by Gasteiger charge is 2.15. The van der Waals surface area contributed by atoms with E-state index in [1.54, 1.807) is 36.4 Å². The van der Waals surface area contributed by atoms with E-state index in [1.807, 2.05) is 0 Å². The van der Waals surface area contributed by atoms with Crippen LogP contribution in [0.3, 0.4) is 0 Å². The molecule has 26 heavy (non-hydrogen) atoms. The molecule has 0 saturated carbocycles. The maximum atomic E-state index is 12.2. The SMILES string of the molecule is COc1cc(CC(=O)NCC(O)c2ccc(Cl)cc2)cc(OC)c1OC. The van der Waals surface area contributed by atoms with E-state index in [4.69, 9.17) is 25.8 Å². The smallest absolute Gasteiger partial charge is 0.224 e. The average Bonchev–Trinajstić information content (AvgIpc) is 2.65. The van der Waals surface area contributed by atoms with Crippen LogP contribution < -0.4 is 19.5 Å². The van der Waals surface area contributed by atoms with Crippen LogP contribution in [0.25, 0.3) is 0 Å². The minimum atomic E-state index is -0.809. The van der Waals surface area contributed by atoms with Crippen molar-refractivity contribution in [1.82, 2.24) is 5.32 Å². The molecule has 0 aromatic heterocycles. The quantitative estimate of drug-likeness (QED) is 0.737. The number of aliphatic hydroxyl groups excluding tert-OH is 1. The monoisotopic (exact) mass is 379 g/mol. The number of ether oxygens (including phenoxy) is 3. The summed E-state index contributed by atoms with van der Waals surface area (Å²) in [4.78, 5) is 12.2. The fraction of sp³-hybridized carbons (Fsp3) is 0.316. The van der Waals surface area contributed by atoms with Crippen LogP contribution in [0.5, 0.6) is 17.2 Å². The third kappa shape index (κ3) is 5.03. The molecule has 0 radical (unpaired) electrons. The molecule has 0 aliphatic rings. The summed E-state index contributed by atoms with van der Waals surface area (Å²) in [5.74, 6) is 1.20.